The second kappa shape index (κ2) is 2.45. The van der Waals surface area contributed by atoms with E-state index in [1.165, 1.54) is 18.4 Å². The van der Waals surface area contributed by atoms with Crippen LogP contribution in [-0.4, -0.2) is 5.78 Å². The molecule has 0 radical (unpaired) electrons. The summed E-state index contributed by atoms with van der Waals surface area (Å²) in [6, 6.07) is 0. The summed E-state index contributed by atoms with van der Waals surface area (Å²) < 4.78 is 0. The van der Waals surface area contributed by atoms with Gasteiger partial charge in [0.15, 0.2) is 0 Å². The number of fused-ring (bicyclic) bond motifs is 1. The van der Waals surface area contributed by atoms with E-state index in [2.05, 4.69) is 13.5 Å². The van der Waals surface area contributed by atoms with Crippen molar-refractivity contribution >= 4 is 5.78 Å². The van der Waals surface area contributed by atoms with Crippen LogP contribution in [0.25, 0.3) is 0 Å². The minimum Gasteiger partial charge on any atom is -0.299 e. The van der Waals surface area contributed by atoms with Crippen LogP contribution in [0.4, 0.5) is 0 Å². The molecule has 12 heavy (non-hydrogen) atoms. The van der Waals surface area contributed by atoms with E-state index in [4.69, 9.17) is 0 Å². The van der Waals surface area contributed by atoms with Crippen LogP contribution in [0.1, 0.15) is 39.0 Å². The monoisotopic (exact) mass is 164 g/mol. The zero-order chi connectivity index (χ0) is 8.77. The lowest BCUT2D eigenvalue weighted by Gasteiger charge is -2.35. The normalized spacial score (nSPS) is 41.6. The van der Waals surface area contributed by atoms with Crippen LogP contribution in [-0.2, 0) is 4.79 Å². The summed E-state index contributed by atoms with van der Waals surface area (Å²) in [4.78, 5) is 11.7. The Hall–Kier alpha value is -0.590. The topological polar surface area (TPSA) is 17.1 Å². The molecule has 0 heterocycles. The SMILES string of the molecule is C=C1CCC2CCCC(=O)C12C. The standard InChI is InChI=1S/C11H16O/c1-8-6-7-9-4-3-5-10(12)11(8,9)2/h9H,1,3-7H2,2H3. The molecular weight excluding hydrogens is 148 g/mol. The number of rotatable bonds is 0. The Kier molecular flexibility index (Phi) is 1.64. The maximum absolute atomic E-state index is 11.7. The van der Waals surface area contributed by atoms with Crippen LogP contribution >= 0.6 is 0 Å². The molecule has 0 bridgehead atoms. The molecule has 2 rings (SSSR count). The van der Waals surface area contributed by atoms with Crippen molar-refractivity contribution in [1.82, 2.24) is 0 Å². The molecule has 1 nitrogen and oxygen atoms in total. The maximum atomic E-state index is 11.7. The number of carbonyl (C=O) groups is 1. The second-order valence-corrected chi connectivity index (χ2v) is 4.36. The summed E-state index contributed by atoms with van der Waals surface area (Å²) in [5.41, 5.74) is 1.07. The van der Waals surface area contributed by atoms with Gasteiger partial charge in [-0.2, -0.15) is 0 Å². The predicted molar refractivity (Wildman–Crippen MR) is 48.8 cm³/mol. The molecule has 0 aromatic rings. The van der Waals surface area contributed by atoms with E-state index in [1.807, 2.05) is 0 Å². The number of hydrogen-bond acceptors (Lipinski definition) is 1. The van der Waals surface area contributed by atoms with Gasteiger partial charge in [-0.1, -0.05) is 12.2 Å². The van der Waals surface area contributed by atoms with Crippen molar-refractivity contribution < 1.29 is 4.79 Å². The molecule has 1 heteroatoms. The highest BCUT2D eigenvalue weighted by molar-refractivity contribution is 5.89. The van der Waals surface area contributed by atoms with Gasteiger partial charge in [0, 0.05) is 11.8 Å². The van der Waals surface area contributed by atoms with E-state index < -0.39 is 0 Å². The highest BCUT2D eigenvalue weighted by Gasteiger charge is 2.48. The highest BCUT2D eigenvalue weighted by Crippen LogP contribution is 2.52. The Morgan fingerprint density at radius 1 is 1.42 bits per heavy atom. The second-order valence-electron chi connectivity index (χ2n) is 4.36. The molecule has 0 spiro atoms. The third-order valence-corrected chi connectivity index (χ3v) is 3.88. The molecule has 2 fully saturated rings. The van der Waals surface area contributed by atoms with E-state index in [0.29, 0.717) is 11.7 Å². The summed E-state index contributed by atoms with van der Waals surface area (Å²) in [6.07, 6.45) is 5.40. The molecule has 2 unspecified atom stereocenters. The summed E-state index contributed by atoms with van der Waals surface area (Å²) in [6.45, 7) is 6.15. The Morgan fingerprint density at radius 3 is 2.83 bits per heavy atom. The zero-order valence-electron chi connectivity index (χ0n) is 7.73. The lowest BCUT2D eigenvalue weighted by atomic mass is 9.67. The van der Waals surface area contributed by atoms with Gasteiger partial charge in [0.05, 0.1) is 0 Å². The first kappa shape index (κ1) is 8.03. The van der Waals surface area contributed by atoms with Gasteiger partial charge in [-0.25, -0.2) is 0 Å². The largest absolute Gasteiger partial charge is 0.299 e. The van der Waals surface area contributed by atoms with Crippen LogP contribution in [0.3, 0.4) is 0 Å². The van der Waals surface area contributed by atoms with Crippen molar-refractivity contribution in [3.63, 3.8) is 0 Å². The van der Waals surface area contributed by atoms with Crippen LogP contribution in [0.15, 0.2) is 12.2 Å². The minimum absolute atomic E-state index is 0.127. The average Bonchev–Trinajstić information content (AvgIpc) is 2.33. The molecule has 0 aliphatic heterocycles. The lowest BCUT2D eigenvalue weighted by molar-refractivity contribution is -0.130. The smallest absolute Gasteiger partial charge is 0.143 e. The van der Waals surface area contributed by atoms with E-state index in [9.17, 15) is 4.79 Å². The summed E-state index contributed by atoms with van der Waals surface area (Å²) in [5.74, 6) is 1.06. The van der Waals surface area contributed by atoms with Gasteiger partial charge in [-0.15, -0.1) is 0 Å². The summed E-state index contributed by atoms with van der Waals surface area (Å²) in [7, 11) is 0. The fraction of sp³-hybridized carbons (Fsp3) is 0.727. The first-order valence-electron chi connectivity index (χ1n) is 4.87. The Labute approximate surface area is 73.8 Å². The van der Waals surface area contributed by atoms with E-state index >= 15 is 0 Å². The molecule has 0 N–H and O–H groups in total. The van der Waals surface area contributed by atoms with Crippen molar-refractivity contribution in [1.29, 1.82) is 0 Å². The fourth-order valence-electron chi connectivity index (χ4n) is 2.81. The molecule has 0 aromatic carbocycles. The van der Waals surface area contributed by atoms with E-state index in [-0.39, 0.29) is 5.41 Å². The number of carbonyl (C=O) groups excluding carboxylic acids is 1. The Bertz CT molecular complexity index is 241. The van der Waals surface area contributed by atoms with Crippen molar-refractivity contribution in [2.75, 3.05) is 0 Å². The number of ketones is 1. The molecule has 0 saturated heterocycles. The van der Waals surface area contributed by atoms with Gasteiger partial charge < -0.3 is 0 Å². The van der Waals surface area contributed by atoms with Gasteiger partial charge in [0.1, 0.15) is 5.78 Å². The van der Waals surface area contributed by atoms with Gasteiger partial charge in [-0.05, 0) is 38.5 Å². The van der Waals surface area contributed by atoms with Crippen molar-refractivity contribution in [3.8, 4) is 0 Å². The first-order valence-corrected chi connectivity index (χ1v) is 4.87. The van der Waals surface area contributed by atoms with E-state index in [1.54, 1.807) is 0 Å². The molecule has 0 aromatic heterocycles. The Morgan fingerprint density at radius 2 is 2.17 bits per heavy atom. The van der Waals surface area contributed by atoms with Gasteiger partial charge in [0.2, 0.25) is 0 Å². The first-order chi connectivity index (χ1) is 5.65. The summed E-state index contributed by atoms with van der Waals surface area (Å²) in [5, 5.41) is 0. The molecule has 2 saturated carbocycles. The van der Waals surface area contributed by atoms with Gasteiger partial charge in [-0.3, -0.25) is 4.79 Å². The zero-order valence-corrected chi connectivity index (χ0v) is 7.73. The van der Waals surface area contributed by atoms with Crippen molar-refractivity contribution in [3.05, 3.63) is 12.2 Å². The highest BCUT2D eigenvalue weighted by atomic mass is 16.1. The third-order valence-electron chi connectivity index (χ3n) is 3.88. The number of hydrogen-bond donors (Lipinski definition) is 0. The van der Waals surface area contributed by atoms with Crippen LogP contribution in [0.2, 0.25) is 0 Å². The van der Waals surface area contributed by atoms with Crippen LogP contribution < -0.4 is 0 Å². The molecule has 66 valence electrons. The molecule has 2 aliphatic carbocycles. The van der Waals surface area contributed by atoms with Gasteiger partial charge in [0.25, 0.3) is 0 Å². The molecule has 2 atom stereocenters. The summed E-state index contributed by atoms with van der Waals surface area (Å²) >= 11 is 0. The fourth-order valence-corrected chi connectivity index (χ4v) is 2.81. The molecule has 2 aliphatic rings. The van der Waals surface area contributed by atoms with Crippen molar-refractivity contribution in [2.24, 2.45) is 11.3 Å². The predicted octanol–water partition coefficient (Wildman–Crippen LogP) is 2.71. The van der Waals surface area contributed by atoms with Gasteiger partial charge >= 0.3 is 0 Å². The molecule has 0 amide bonds. The Balaban J connectivity index is 2.36. The third kappa shape index (κ3) is 0.825. The number of Topliss-reactive ketones (excluding diaryl/α,β-unsaturated/α-hetero) is 1. The molecular formula is C11H16O. The quantitative estimate of drug-likeness (QED) is 0.503. The van der Waals surface area contributed by atoms with Crippen LogP contribution in [0.5, 0.6) is 0 Å². The van der Waals surface area contributed by atoms with E-state index in [0.717, 1.165) is 19.3 Å². The average molecular weight is 164 g/mol. The maximum Gasteiger partial charge on any atom is 0.143 e. The van der Waals surface area contributed by atoms with Crippen molar-refractivity contribution in [2.45, 2.75) is 39.0 Å². The lowest BCUT2D eigenvalue weighted by Crippen LogP contribution is -2.36. The minimum atomic E-state index is -0.127. The number of allylic oxidation sites excluding steroid dienone is 1. The van der Waals surface area contributed by atoms with Crippen LogP contribution in [0, 0.1) is 11.3 Å².